The van der Waals surface area contributed by atoms with Crippen molar-refractivity contribution in [3.63, 3.8) is 0 Å². The lowest BCUT2D eigenvalue weighted by atomic mass is 9.97. The van der Waals surface area contributed by atoms with Gasteiger partial charge in [0.2, 0.25) is 5.91 Å². The van der Waals surface area contributed by atoms with Crippen molar-refractivity contribution >= 4 is 35.5 Å². The van der Waals surface area contributed by atoms with E-state index >= 15 is 0 Å². The molecular weight excluding hydrogens is 398 g/mol. The predicted octanol–water partition coefficient (Wildman–Crippen LogP) is 4.09. The highest BCUT2D eigenvalue weighted by atomic mass is 32.2. The number of piperidine rings is 1. The molecule has 1 aliphatic heterocycles. The van der Waals surface area contributed by atoms with Crippen LogP contribution in [-0.2, 0) is 14.3 Å². The molecule has 1 saturated heterocycles. The van der Waals surface area contributed by atoms with Gasteiger partial charge < -0.3 is 9.64 Å². The summed E-state index contributed by atoms with van der Waals surface area (Å²) >= 11 is 1.60. The van der Waals surface area contributed by atoms with Crippen molar-refractivity contribution in [3.05, 3.63) is 71.8 Å². The van der Waals surface area contributed by atoms with Crippen LogP contribution in [0.4, 0.5) is 0 Å². The topological polar surface area (TPSA) is 63.7 Å². The van der Waals surface area contributed by atoms with Crippen LogP contribution in [0, 0.1) is 5.92 Å². The second-order valence-electron chi connectivity index (χ2n) is 7.10. The molecule has 0 N–H and O–H groups in total. The van der Waals surface area contributed by atoms with Crippen molar-refractivity contribution in [2.75, 3.05) is 26.0 Å². The van der Waals surface area contributed by atoms with Gasteiger partial charge in [0.25, 0.3) is 0 Å². The molecule has 0 atom stereocenters. The molecule has 6 heteroatoms. The van der Waals surface area contributed by atoms with Gasteiger partial charge >= 0.3 is 5.97 Å². The molecule has 3 rings (SSSR count). The Morgan fingerprint density at radius 2 is 1.70 bits per heavy atom. The van der Waals surface area contributed by atoms with Crippen LogP contribution in [0.25, 0.3) is 6.08 Å². The van der Waals surface area contributed by atoms with Crippen LogP contribution in [0.15, 0.2) is 65.6 Å². The lowest BCUT2D eigenvalue weighted by Crippen LogP contribution is -2.40. The second kappa shape index (κ2) is 10.8. The summed E-state index contributed by atoms with van der Waals surface area (Å²) in [7, 11) is 0. The molecule has 30 heavy (non-hydrogen) atoms. The average molecular weight is 424 g/mol. The summed E-state index contributed by atoms with van der Waals surface area (Å²) in [6.07, 6.45) is 6.41. The molecule has 0 aliphatic carbocycles. The van der Waals surface area contributed by atoms with Gasteiger partial charge in [-0.05, 0) is 42.9 Å². The van der Waals surface area contributed by atoms with Crippen molar-refractivity contribution in [3.8, 4) is 0 Å². The highest BCUT2D eigenvalue weighted by Gasteiger charge is 2.28. The summed E-state index contributed by atoms with van der Waals surface area (Å²) in [5.74, 6) is -0.918. The van der Waals surface area contributed by atoms with E-state index in [0.717, 1.165) is 10.5 Å². The number of amides is 1. The Kier molecular flexibility index (Phi) is 7.85. The smallest absolute Gasteiger partial charge is 0.309 e. The summed E-state index contributed by atoms with van der Waals surface area (Å²) in [6.45, 7) is 0.750. The highest BCUT2D eigenvalue weighted by molar-refractivity contribution is 7.98. The zero-order chi connectivity index (χ0) is 21.3. The third-order valence-electron chi connectivity index (χ3n) is 5.12. The number of nitrogens with zero attached hydrogens (tertiary/aromatic N) is 1. The average Bonchev–Trinajstić information content (AvgIpc) is 2.81. The predicted molar refractivity (Wildman–Crippen MR) is 118 cm³/mol. The number of ether oxygens (including phenoxy) is 1. The highest BCUT2D eigenvalue weighted by Crippen LogP contribution is 2.20. The van der Waals surface area contributed by atoms with Gasteiger partial charge in [0.05, 0.1) is 5.92 Å². The van der Waals surface area contributed by atoms with Crippen molar-refractivity contribution < 1.29 is 19.1 Å². The quantitative estimate of drug-likeness (QED) is 0.291. The van der Waals surface area contributed by atoms with Crippen LogP contribution in [0.1, 0.15) is 28.8 Å². The molecule has 2 aromatic rings. The van der Waals surface area contributed by atoms with E-state index in [1.165, 1.54) is 0 Å². The van der Waals surface area contributed by atoms with Crippen LogP contribution in [0.5, 0.6) is 0 Å². The van der Waals surface area contributed by atoms with Crippen molar-refractivity contribution in [1.29, 1.82) is 0 Å². The molecule has 1 fully saturated rings. The molecule has 0 aromatic heterocycles. The summed E-state index contributed by atoms with van der Waals surface area (Å²) in [6, 6.07) is 16.9. The number of hydrogen-bond donors (Lipinski definition) is 0. The Labute approximate surface area is 181 Å². The lowest BCUT2D eigenvalue weighted by molar-refractivity contribution is -0.150. The van der Waals surface area contributed by atoms with E-state index in [-0.39, 0.29) is 30.2 Å². The van der Waals surface area contributed by atoms with E-state index in [0.29, 0.717) is 31.5 Å². The Balaban J connectivity index is 1.42. The first kappa shape index (κ1) is 21.8. The molecule has 1 heterocycles. The van der Waals surface area contributed by atoms with Crippen molar-refractivity contribution in [2.45, 2.75) is 17.7 Å². The summed E-state index contributed by atoms with van der Waals surface area (Å²) in [5.41, 5.74) is 1.50. The first-order valence-corrected chi connectivity index (χ1v) is 11.1. The maximum atomic E-state index is 12.3. The maximum Gasteiger partial charge on any atom is 0.309 e. The van der Waals surface area contributed by atoms with Gasteiger partial charge in [-0.3, -0.25) is 14.4 Å². The first-order chi connectivity index (χ1) is 14.6. The SMILES string of the molecule is CSc1ccc(C(=O)COC(=O)C2CCN(C(=O)/C=C/c3ccccc3)CC2)cc1. The van der Waals surface area contributed by atoms with Gasteiger partial charge in [0.15, 0.2) is 12.4 Å². The van der Waals surface area contributed by atoms with E-state index in [2.05, 4.69) is 0 Å². The lowest BCUT2D eigenvalue weighted by Gasteiger charge is -2.30. The molecule has 2 aromatic carbocycles. The minimum Gasteiger partial charge on any atom is -0.457 e. The number of Topliss-reactive ketones (excluding diaryl/α,β-unsaturated/α-hetero) is 1. The summed E-state index contributed by atoms with van der Waals surface area (Å²) in [5, 5.41) is 0. The van der Waals surface area contributed by atoms with Crippen molar-refractivity contribution in [1.82, 2.24) is 4.90 Å². The zero-order valence-electron chi connectivity index (χ0n) is 17.0. The van der Waals surface area contributed by atoms with E-state index < -0.39 is 0 Å². The largest absolute Gasteiger partial charge is 0.457 e. The number of esters is 1. The van der Waals surface area contributed by atoms with Crippen LogP contribution in [-0.4, -0.2) is 48.5 Å². The molecular formula is C24H25NO4S. The minimum atomic E-state index is -0.365. The Morgan fingerprint density at radius 3 is 2.33 bits per heavy atom. The summed E-state index contributed by atoms with van der Waals surface area (Å²) in [4.78, 5) is 39.7. The normalized spacial score (nSPS) is 14.6. The van der Waals surface area contributed by atoms with Gasteiger partial charge in [0.1, 0.15) is 0 Å². The summed E-state index contributed by atoms with van der Waals surface area (Å²) < 4.78 is 5.24. The van der Waals surface area contributed by atoms with Gasteiger partial charge in [-0.2, -0.15) is 0 Å². The number of carbonyl (C=O) groups is 3. The second-order valence-corrected chi connectivity index (χ2v) is 7.98. The van der Waals surface area contributed by atoms with Crippen LogP contribution < -0.4 is 0 Å². The fraction of sp³-hybridized carbons (Fsp3) is 0.292. The molecule has 0 radical (unpaired) electrons. The van der Waals surface area contributed by atoms with Crippen molar-refractivity contribution in [2.24, 2.45) is 5.92 Å². The van der Waals surface area contributed by atoms with Crippen LogP contribution in [0.3, 0.4) is 0 Å². The van der Waals surface area contributed by atoms with Gasteiger partial charge in [-0.25, -0.2) is 0 Å². The monoisotopic (exact) mass is 423 g/mol. The number of hydrogen-bond acceptors (Lipinski definition) is 5. The van der Waals surface area contributed by atoms with Crippen LogP contribution in [0.2, 0.25) is 0 Å². The number of carbonyl (C=O) groups excluding carboxylic acids is 3. The number of benzene rings is 2. The van der Waals surface area contributed by atoms with E-state index in [1.54, 1.807) is 40.9 Å². The number of ketones is 1. The molecule has 0 bridgehead atoms. The molecule has 156 valence electrons. The Morgan fingerprint density at radius 1 is 1.03 bits per heavy atom. The maximum absolute atomic E-state index is 12.3. The molecule has 5 nitrogen and oxygen atoms in total. The molecule has 1 aliphatic rings. The van der Waals surface area contributed by atoms with Gasteiger partial charge in [-0.1, -0.05) is 42.5 Å². The van der Waals surface area contributed by atoms with E-state index in [1.807, 2.05) is 48.7 Å². The zero-order valence-corrected chi connectivity index (χ0v) is 17.8. The van der Waals surface area contributed by atoms with E-state index in [4.69, 9.17) is 4.74 Å². The third kappa shape index (κ3) is 6.07. The standard InChI is InChI=1S/C24H25NO4S/c1-30-21-10-8-19(9-11-21)22(26)17-29-24(28)20-13-15-25(16-14-20)23(27)12-7-18-5-3-2-4-6-18/h2-12,20H,13-17H2,1H3/b12-7+. The fourth-order valence-electron chi connectivity index (χ4n) is 3.29. The first-order valence-electron chi connectivity index (χ1n) is 9.93. The molecule has 1 amide bonds. The Hall–Kier alpha value is -2.86. The number of thioether (sulfide) groups is 1. The number of likely N-dealkylation sites (tertiary alicyclic amines) is 1. The van der Waals surface area contributed by atoms with Gasteiger partial charge in [-0.15, -0.1) is 11.8 Å². The van der Waals surface area contributed by atoms with E-state index in [9.17, 15) is 14.4 Å². The molecule has 0 saturated carbocycles. The minimum absolute atomic E-state index is 0.0606. The molecule has 0 unspecified atom stereocenters. The molecule has 0 spiro atoms. The Bertz CT molecular complexity index is 901. The third-order valence-corrected chi connectivity index (χ3v) is 5.86. The van der Waals surface area contributed by atoms with Crippen LogP contribution >= 0.6 is 11.8 Å². The van der Waals surface area contributed by atoms with Gasteiger partial charge in [0, 0.05) is 29.6 Å². The fourth-order valence-corrected chi connectivity index (χ4v) is 3.70. The number of rotatable bonds is 7.